The Hall–Kier alpha value is -2.37. The molecule has 0 saturated heterocycles. The number of carbonyl (C=O) groups is 1. The molecule has 1 aromatic carbocycles. The van der Waals surface area contributed by atoms with Crippen molar-refractivity contribution >= 4 is 11.5 Å². The lowest BCUT2D eigenvalue weighted by Gasteiger charge is -2.10. The number of rotatable bonds is 2. The fraction of sp³-hybridized carbons (Fsp3) is 0.0769. The minimum Gasteiger partial charge on any atom is -0.398 e. The molecule has 0 atom stereocenters. The van der Waals surface area contributed by atoms with Gasteiger partial charge >= 0.3 is 6.18 Å². The Bertz CT molecular complexity index is 609. The lowest BCUT2D eigenvalue weighted by atomic mass is 10.0. The summed E-state index contributed by atoms with van der Waals surface area (Å²) in [6, 6.07) is 6.04. The summed E-state index contributed by atoms with van der Waals surface area (Å²) in [5.41, 5.74) is 4.31. The van der Waals surface area contributed by atoms with Gasteiger partial charge in [-0.2, -0.15) is 13.2 Å². The number of alkyl halides is 3. The molecule has 0 aliphatic carbocycles. The average molecular weight is 266 g/mol. The molecule has 98 valence electrons. The highest BCUT2D eigenvalue weighted by atomic mass is 19.4. The molecular formula is C13H9F3N2O. The predicted octanol–water partition coefficient (Wildman–Crippen LogP) is 2.91. The first-order valence-electron chi connectivity index (χ1n) is 5.31. The van der Waals surface area contributed by atoms with Crippen LogP contribution in [0, 0.1) is 0 Å². The quantitative estimate of drug-likeness (QED) is 0.671. The van der Waals surface area contributed by atoms with E-state index in [0.29, 0.717) is 5.56 Å². The molecule has 0 spiro atoms. The van der Waals surface area contributed by atoms with Gasteiger partial charge in [-0.15, -0.1) is 0 Å². The van der Waals surface area contributed by atoms with Crippen LogP contribution in [0.3, 0.4) is 0 Å². The van der Waals surface area contributed by atoms with E-state index in [1.54, 1.807) is 6.07 Å². The number of pyridine rings is 1. The fourth-order valence-electron chi connectivity index (χ4n) is 1.63. The fourth-order valence-corrected chi connectivity index (χ4v) is 1.63. The Morgan fingerprint density at radius 3 is 2.42 bits per heavy atom. The van der Waals surface area contributed by atoms with Gasteiger partial charge in [0.05, 0.1) is 5.56 Å². The molecule has 1 heterocycles. The molecule has 0 bridgehead atoms. The van der Waals surface area contributed by atoms with Crippen LogP contribution in [0.4, 0.5) is 18.9 Å². The summed E-state index contributed by atoms with van der Waals surface area (Å²) in [5, 5.41) is 0. The minimum absolute atomic E-state index is 0.0958. The van der Waals surface area contributed by atoms with Crippen molar-refractivity contribution in [3.63, 3.8) is 0 Å². The highest BCUT2D eigenvalue weighted by Crippen LogP contribution is 2.34. The maximum absolute atomic E-state index is 12.5. The van der Waals surface area contributed by atoms with Crippen molar-refractivity contribution in [3.8, 4) is 0 Å². The van der Waals surface area contributed by atoms with Crippen LogP contribution in [0.25, 0.3) is 0 Å². The standard InChI is InChI=1S/C13H9F3N2O/c14-13(15,16)10-4-3-8(6-11(10)17)12(19)9-2-1-5-18-7-9/h1-7H,17H2. The van der Waals surface area contributed by atoms with E-state index in [1.807, 2.05) is 0 Å². The number of nitrogens with zero attached hydrogens (tertiary/aromatic N) is 1. The van der Waals surface area contributed by atoms with E-state index in [0.717, 1.165) is 18.2 Å². The maximum atomic E-state index is 12.5. The number of carbonyl (C=O) groups excluding carboxylic acids is 1. The number of aromatic nitrogens is 1. The van der Waals surface area contributed by atoms with E-state index >= 15 is 0 Å². The van der Waals surface area contributed by atoms with Crippen molar-refractivity contribution in [1.82, 2.24) is 4.98 Å². The SMILES string of the molecule is Nc1cc(C(=O)c2cccnc2)ccc1C(F)(F)F. The van der Waals surface area contributed by atoms with Crippen LogP contribution >= 0.6 is 0 Å². The second-order valence-corrected chi connectivity index (χ2v) is 3.87. The first kappa shape index (κ1) is 13.1. The summed E-state index contributed by atoms with van der Waals surface area (Å²) in [7, 11) is 0. The van der Waals surface area contributed by atoms with E-state index < -0.39 is 23.2 Å². The molecule has 6 heteroatoms. The van der Waals surface area contributed by atoms with Crippen molar-refractivity contribution in [3.05, 3.63) is 59.4 Å². The second kappa shape index (κ2) is 4.72. The maximum Gasteiger partial charge on any atom is 0.418 e. The van der Waals surface area contributed by atoms with Gasteiger partial charge in [-0.25, -0.2) is 0 Å². The summed E-state index contributed by atoms with van der Waals surface area (Å²) in [6.45, 7) is 0. The summed E-state index contributed by atoms with van der Waals surface area (Å²) in [5.74, 6) is -0.423. The number of nitrogen functional groups attached to an aromatic ring is 1. The van der Waals surface area contributed by atoms with Crippen molar-refractivity contribution in [1.29, 1.82) is 0 Å². The summed E-state index contributed by atoms with van der Waals surface area (Å²) < 4.78 is 37.6. The van der Waals surface area contributed by atoms with Gasteiger partial charge in [0, 0.05) is 29.2 Å². The van der Waals surface area contributed by atoms with Gasteiger partial charge in [-0.05, 0) is 24.3 Å². The van der Waals surface area contributed by atoms with Gasteiger partial charge in [0.25, 0.3) is 0 Å². The topological polar surface area (TPSA) is 56.0 Å². The first-order valence-corrected chi connectivity index (χ1v) is 5.31. The minimum atomic E-state index is -4.53. The number of halogens is 3. The van der Waals surface area contributed by atoms with Crippen LogP contribution in [0.5, 0.6) is 0 Å². The second-order valence-electron chi connectivity index (χ2n) is 3.87. The van der Waals surface area contributed by atoms with Gasteiger partial charge in [-0.1, -0.05) is 6.07 Å². The largest absolute Gasteiger partial charge is 0.418 e. The Morgan fingerprint density at radius 2 is 1.89 bits per heavy atom. The van der Waals surface area contributed by atoms with Crippen molar-refractivity contribution in [2.24, 2.45) is 0 Å². The van der Waals surface area contributed by atoms with Gasteiger partial charge in [0.15, 0.2) is 5.78 Å². The number of nitrogens with two attached hydrogens (primary N) is 1. The Labute approximate surface area is 106 Å². The highest BCUT2D eigenvalue weighted by molar-refractivity contribution is 6.09. The molecule has 0 aliphatic rings. The molecule has 3 nitrogen and oxygen atoms in total. The smallest absolute Gasteiger partial charge is 0.398 e. The van der Waals surface area contributed by atoms with Gasteiger partial charge in [-0.3, -0.25) is 9.78 Å². The first-order chi connectivity index (χ1) is 8.89. The molecule has 0 fully saturated rings. The van der Waals surface area contributed by atoms with E-state index in [4.69, 9.17) is 5.73 Å². The lowest BCUT2D eigenvalue weighted by molar-refractivity contribution is -0.136. The predicted molar refractivity (Wildman–Crippen MR) is 63.5 cm³/mol. The van der Waals surface area contributed by atoms with Crippen molar-refractivity contribution in [2.75, 3.05) is 5.73 Å². The zero-order valence-electron chi connectivity index (χ0n) is 9.61. The monoisotopic (exact) mass is 266 g/mol. The van der Waals surface area contributed by atoms with Crippen molar-refractivity contribution in [2.45, 2.75) is 6.18 Å². The molecule has 1 aromatic heterocycles. The zero-order chi connectivity index (χ0) is 14.0. The van der Waals surface area contributed by atoms with Crippen LogP contribution in [-0.4, -0.2) is 10.8 Å². The number of anilines is 1. The van der Waals surface area contributed by atoms with E-state index in [9.17, 15) is 18.0 Å². The van der Waals surface area contributed by atoms with Gasteiger partial charge < -0.3 is 5.73 Å². The molecule has 0 saturated carbocycles. The molecule has 2 N–H and O–H groups in total. The number of ketones is 1. The normalized spacial score (nSPS) is 11.3. The lowest BCUT2D eigenvalue weighted by Crippen LogP contribution is -2.10. The third-order valence-electron chi connectivity index (χ3n) is 2.54. The molecule has 0 amide bonds. The highest BCUT2D eigenvalue weighted by Gasteiger charge is 2.33. The molecule has 0 aliphatic heterocycles. The number of hydrogen-bond acceptors (Lipinski definition) is 3. The number of hydrogen-bond donors (Lipinski definition) is 1. The van der Waals surface area contributed by atoms with Crippen molar-refractivity contribution < 1.29 is 18.0 Å². The van der Waals surface area contributed by atoms with Crippen LogP contribution in [0.15, 0.2) is 42.7 Å². The average Bonchev–Trinajstić information content (AvgIpc) is 2.37. The Balaban J connectivity index is 2.38. The Morgan fingerprint density at radius 1 is 1.16 bits per heavy atom. The van der Waals surface area contributed by atoms with E-state index in [1.165, 1.54) is 18.5 Å². The molecule has 0 unspecified atom stereocenters. The summed E-state index contributed by atoms with van der Waals surface area (Å²) in [6.07, 6.45) is -1.69. The van der Waals surface area contributed by atoms with Gasteiger partial charge in [0.2, 0.25) is 0 Å². The summed E-state index contributed by atoms with van der Waals surface area (Å²) in [4.78, 5) is 15.8. The third kappa shape index (κ3) is 2.73. The Kier molecular flexibility index (Phi) is 3.25. The molecule has 19 heavy (non-hydrogen) atoms. The van der Waals surface area contributed by atoms with E-state index in [-0.39, 0.29) is 5.56 Å². The van der Waals surface area contributed by atoms with E-state index in [2.05, 4.69) is 4.98 Å². The van der Waals surface area contributed by atoms with Crippen LogP contribution < -0.4 is 5.73 Å². The molecular weight excluding hydrogens is 257 g/mol. The molecule has 2 aromatic rings. The molecule has 0 radical (unpaired) electrons. The van der Waals surface area contributed by atoms with Gasteiger partial charge in [0.1, 0.15) is 0 Å². The van der Waals surface area contributed by atoms with Crippen LogP contribution in [0.2, 0.25) is 0 Å². The summed E-state index contributed by atoms with van der Waals surface area (Å²) >= 11 is 0. The van der Waals surface area contributed by atoms with Crippen LogP contribution in [0.1, 0.15) is 21.5 Å². The zero-order valence-corrected chi connectivity index (χ0v) is 9.61. The molecule has 2 rings (SSSR count). The third-order valence-corrected chi connectivity index (χ3v) is 2.54. The number of benzene rings is 1. The van der Waals surface area contributed by atoms with Crippen LogP contribution in [-0.2, 0) is 6.18 Å².